The number of hydrogen-bond donors (Lipinski definition) is 1. The molecule has 0 amide bonds. The van der Waals surface area contributed by atoms with Crippen LogP contribution in [0.3, 0.4) is 0 Å². The Balaban J connectivity index is 1.89. The summed E-state index contributed by atoms with van der Waals surface area (Å²) in [7, 11) is 2.18. The molecule has 1 aromatic rings. The van der Waals surface area contributed by atoms with Gasteiger partial charge in [0.15, 0.2) is 0 Å². The second-order valence-corrected chi connectivity index (χ2v) is 5.00. The minimum absolute atomic E-state index is 1.12. The third-order valence-electron chi connectivity index (χ3n) is 3.55. The van der Waals surface area contributed by atoms with E-state index < -0.39 is 0 Å². The van der Waals surface area contributed by atoms with E-state index in [0.717, 1.165) is 32.7 Å². The summed E-state index contributed by atoms with van der Waals surface area (Å²) in [5.41, 5.74) is 2.76. The van der Waals surface area contributed by atoms with Crippen molar-refractivity contribution in [1.82, 2.24) is 5.32 Å². The Bertz CT molecular complexity index is 365. The van der Waals surface area contributed by atoms with Crippen molar-refractivity contribution in [2.45, 2.75) is 19.8 Å². The van der Waals surface area contributed by atoms with Crippen LogP contribution >= 0.6 is 0 Å². The molecule has 1 aliphatic heterocycles. The fourth-order valence-electron chi connectivity index (χ4n) is 2.49. The molecule has 1 heterocycles. The molecule has 3 nitrogen and oxygen atoms in total. The Morgan fingerprint density at radius 1 is 1.11 bits per heavy atom. The Kier molecular flexibility index (Phi) is 4.88. The van der Waals surface area contributed by atoms with Crippen molar-refractivity contribution in [1.29, 1.82) is 0 Å². The van der Waals surface area contributed by atoms with Crippen molar-refractivity contribution in [2.24, 2.45) is 0 Å². The molecule has 0 radical (unpaired) electrons. The van der Waals surface area contributed by atoms with Gasteiger partial charge in [0.25, 0.3) is 0 Å². The highest BCUT2D eigenvalue weighted by atomic mass is 15.2. The van der Waals surface area contributed by atoms with E-state index in [4.69, 9.17) is 0 Å². The highest BCUT2D eigenvalue weighted by molar-refractivity contribution is 5.72. The number of para-hydroxylation sites is 2. The topological polar surface area (TPSA) is 18.5 Å². The molecule has 0 atom stereocenters. The second-order valence-electron chi connectivity index (χ2n) is 5.00. The number of nitrogens with one attached hydrogen (secondary N) is 1. The fourth-order valence-corrected chi connectivity index (χ4v) is 2.49. The maximum Gasteiger partial charge on any atom is 0.0604 e. The standard InChI is InChI=1S/C15H25N3/c1-3-9-16-10-6-11-18-13-12-17(2)14-7-4-5-8-15(14)18/h4-5,7-8,16H,3,6,9-13H2,1-2H3. The first-order chi connectivity index (χ1) is 8.83. The van der Waals surface area contributed by atoms with E-state index in [9.17, 15) is 0 Å². The number of fused-ring (bicyclic) bond motifs is 1. The average Bonchev–Trinajstić information content (AvgIpc) is 2.41. The molecule has 0 unspecified atom stereocenters. The second kappa shape index (κ2) is 6.64. The predicted octanol–water partition coefficient (Wildman–Crippen LogP) is 2.33. The first kappa shape index (κ1) is 13.2. The smallest absolute Gasteiger partial charge is 0.0604 e. The van der Waals surface area contributed by atoms with Gasteiger partial charge in [-0.2, -0.15) is 0 Å². The summed E-state index contributed by atoms with van der Waals surface area (Å²) >= 11 is 0. The third-order valence-corrected chi connectivity index (χ3v) is 3.55. The Hall–Kier alpha value is -1.22. The first-order valence-corrected chi connectivity index (χ1v) is 7.08. The molecule has 1 N–H and O–H groups in total. The highest BCUT2D eigenvalue weighted by Gasteiger charge is 2.18. The zero-order chi connectivity index (χ0) is 12.8. The van der Waals surface area contributed by atoms with Crippen LogP contribution < -0.4 is 15.1 Å². The van der Waals surface area contributed by atoms with Gasteiger partial charge < -0.3 is 15.1 Å². The van der Waals surface area contributed by atoms with Gasteiger partial charge in [0.2, 0.25) is 0 Å². The largest absolute Gasteiger partial charge is 0.371 e. The summed E-state index contributed by atoms with van der Waals surface area (Å²) < 4.78 is 0. The van der Waals surface area contributed by atoms with Crippen molar-refractivity contribution in [2.75, 3.05) is 49.6 Å². The molecule has 100 valence electrons. The molecule has 3 heteroatoms. The van der Waals surface area contributed by atoms with E-state index >= 15 is 0 Å². The zero-order valence-corrected chi connectivity index (χ0v) is 11.7. The predicted molar refractivity (Wildman–Crippen MR) is 79.7 cm³/mol. The van der Waals surface area contributed by atoms with E-state index in [0.29, 0.717) is 0 Å². The van der Waals surface area contributed by atoms with Gasteiger partial charge in [-0.1, -0.05) is 19.1 Å². The molecular formula is C15H25N3. The lowest BCUT2D eigenvalue weighted by Gasteiger charge is -2.37. The number of likely N-dealkylation sites (N-methyl/N-ethyl adjacent to an activating group) is 1. The van der Waals surface area contributed by atoms with Crippen LogP contribution in [0.15, 0.2) is 24.3 Å². The summed E-state index contributed by atoms with van der Waals surface area (Å²) in [6.45, 7) is 7.90. The summed E-state index contributed by atoms with van der Waals surface area (Å²) in [6.07, 6.45) is 2.44. The minimum atomic E-state index is 1.12. The van der Waals surface area contributed by atoms with Crippen LogP contribution in [0.2, 0.25) is 0 Å². The highest BCUT2D eigenvalue weighted by Crippen LogP contribution is 2.31. The van der Waals surface area contributed by atoms with Crippen LogP contribution in [0.5, 0.6) is 0 Å². The molecule has 0 saturated heterocycles. The van der Waals surface area contributed by atoms with Gasteiger partial charge in [-0.05, 0) is 38.1 Å². The molecule has 1 aliphatic rings. The van der Waals surface area contributed by atoms with Crippen LogP contribution in [0.1, 0.15) is 19.8 Å². The quantitative estimate of drug-likeness (QED) is 0.778. The fraction of sp³-hybridized carbons (Fsp3) is 0.600. The Morgan fingerprint density at radius 2 is 1.89 bits per heavy atom. The number of nitrogens with zero attached hydrogens (tertiary/aromatic N) is 2. The number of rotatable bonds is 6. The van der Waals surface area contributed by atoms with Gasteiger partial charge in [0, 0.05) is 26.7 Å². The van der Waals surface area contributed by atoms with E-state index in [-0.39, 0.29) is 0 Å². The van der Waals surface area contributed by atoms with E-state index in [1.807, 2.05) is 0 Å². The normalized spacial score (nSPS) is 14.8. The van der Waals surface area contributed by atoms with Gasteiger partial charge in [0.05, 0.1) is 11.4 Å². The van der Waals surface area contributed by atoms with E-state index in [1.165, 1.54) is 24.2 Å². The lowest BCUT2D eigenvalue weighted by Crippen LogP contribution is -2.40. The Labute approximate surface area is 111 Å². The first-order valence-electron chi connectivity index (χ1n) is 7.08. The van der Waals surface area contributed by atoms with Crippen LogP contribution in [0.4, 0.5) is 11.4 Å². The summed E-state index contributed by atoms with van der Waals surface area (Å²) in [5.74, 6) is 0. The maximum atomic E-state index is 3.47. The molecule has 1 aromatic carbocycles. The average molecular weight is 247 g/mol. The third kappa shape index (κ3) is 3.16. The molecular weight excluding hydrogens is 222 g/mol. The van der Waals surface area contributed by atoms with Gasteiger partial charge in [-0.15, -0.1) is 0 Å². The molecule has 0 bridgehead atoms. The molecule has 0 spiro atoms. The van der Waals surface area contributed by atoms with Crippen molar-refractivity contribution in [3.05, 3.63) is 24.3 Å². The molecule has 2 rings (SSSR count). The lowest BCUT2D eigenvalue weighted by atomic mass is 10.1. The molecule has 0 aromatic heterocycles. The van der Waals surface area contributed by atoms with E-state index in [1.54, 1.807) is 0 Å². The summed E-state index contributed by atoms with van der Waals surface area (Å²) in [4.78, 5) is 4.87. The van der Waals surface area contributed by atoms with Gasteiger partial charge in [-0.25, -0.2) is 0 Å². The van der Waals surface area contributed by atoms with Crippen LogP contribution in [-0.2, 0) is 0 Å². The van der Waals surface area contributed by atoms with Crippen LogP contribution in [-0.4, -0.2) is 39.8 Å². The van der Waals surface area contributed by atoms with Crippen molar-refractivity contribution in [3.63, 3.8) is 0 Å². The molecule has 0 fully saturated rings. The van der Waals surface area contributed by atoms with Crippen molar-refractivity contribution in [3.8, 4) is 0 Å². The molecule has 18 heavy (non-hydrogen) atoms. The summed E-state index contributed by atoms with van der Waals surface area (Å²) in [6, 6.07) is 8.73. The monoisotopic (exact) mass is 247 g/mol. The molecule has 0 aliphatic carbocycles. The van der Waals surface area contributed by atoms with E-state index in [2.05, 4.69) is 53.4 Å². The zero-order valence-electron chi connectivity index (χ0n) is 11.7. The minimum Gasteiger partial charge on any atom is -0.371 e. The SMILES string of the molecule is CCCNCCCN1CCN(C)c2ccccc21. The van der Waals surface area contributed by atoms with Gasteiger partial charge in [0.1, 0.15) is 0 Å². The van der Waals surface area contributed by atoms with Crippen molar-refractivity contribution >= 4 is 11.4 Å². The number of anilines is 2. The van der Waals surface area contributed by atoms with Crippen LogP contribution in [0, 0.1) is 0 Å². The van der Waals surface area contributed by atoms with Crippen LogP contribution in [0.25, 0.3) is 0 Å². The van der Waals surface area contributed by atoms with Gasteiger partial charge >= 0.3 is 0 Å². The maximum absolute atomic E-state index is 3.47. The summed E-state index contributed by atoms with van der Waals surface area (Å²) in [5, 5.41) is 3.47. The van der Waals surface area contributed by atoms with Gasteiger partial charge in [-0.3, -0.25) is 0 Å². The number of hydrogen-bond acceptors (Lipinski definition) is 3. The van der Waals surface area contributed by atoms with Crippen molar-refractivity contribution < 1.29 is 0 Å². The lowest BCUT2D eigenvalue weighted by molar-refractivity contribution is 0.620. The Morgan fingerprint density at radius 3 is 2.67 bits per heavy atom. The molecule has 0 saturated carbocycles. The number of benzene rings is 1.